The van der Waals surface area contributed by atoms with Gasteiger partial charge in [-0.2, -0.15) is 8.78 Å². The summed E-state index contributed by atoms with van der Waals surface area (Å²) in [5.74, 6) is -1.74. The Labute approximate surface area is 56.5 Å². The van der Waals surface area contributed by atoms with E-state index in [0.29, 0.717) is 0 Å². The van der Waals surface area contributed by atoms with Gasteiger partial charge in [-0.15, -0.1) is 0 Å². The molecule has 0 aromatic heterocycles. The number of rotatable bonds is 3. The van der Waals surface area contributed by atoms with Crippen LogP contribution in [0.1, 0.15) is 0 Å². The fraction of sp³-hybridized carbons (Fsp3) is 0.400. The third-order valence-corrected chi connectivity index (χ3v) is 0.604. The molecule has 0 atom stereocenters. The van der Waals surface area contributed by atoms with Crippen LogP contribution in [0.25, 0.3) is 0 Å². The number of hydrogen-bond donors (Lipinski definition) is 1. The summed E-state index contributed by atoms with van der Waals surface area (Å²) in [5.41, 5.74) is 4.08. The van der Waals surface area contributed by atoms with E-state index in [0.717, 1.165) is 0 Å². The Morgan fingerprint density at radius 3 is 2.60 bits per heavy atom. The van der Waals surface area contributed by atoms with Crippen molar-refractivity contribution in [1.82, 2.24) is 0 Å². The Bertz CT molecular complexity index is 141. The Hall–Kier alpha value is -0.970. The second-order valence-electron chi connectivity index (χ2n) is 1.51. The summed E-state index contributed by atoms with van der Waals surface area (Å²) in [6.45, 7) is 2.89. The Kier molecular flexibility index (Phi) is 2.95. The molecule has 0 saturated carbocycles. The first-order valence-electron chi connectivity index (χ1n) is 2.43. The molecule has 0 aromatic rings. The van der Waals surface area contributed by atoms with Crippen LogP contribution in [0.5, 0.6) is 0 Å². The number of alkyl halides is 2. The van der Waals surface area contributed by atoms with Crippen LogP contribution in [0.15, 0.2) is 12.7 Å². The molecular formula is C5H7F2NO2. The minimum absolute atomic E-state index is 0.258. The minimum Gasteiger partial charge on any atom is -0.456 e. The summed E-state index contributed by atoms with van der Waals surface area (Å²) >= 11 is 0. The van der Waals surface area contributed by atoms with Gasteiger partial charge in [-0.25, -0.2) is 4.79 Å². The predicted octanol–water partition coefficient (Wildman–Crippen LogP) is 0.267. The summed E-state index contributed by atoms with van der Waals surface area (Å²) in [5, 5.41) is 0. The zero-order valence-electron chi connectivity index (χ0n) is 5.14. The van der Waals surface area contributed by atoms with Crippen LogP contribution in [0, 0.1) is 0 Å². The highest BCUT2D eigenvalue weighted by Crippen LogP contribution is 2.05. The standard InChI is InChI=1S/C5H7F2NO2/c1-2-3-10-4(9)5(6,7)8/h2H,1,3,8H2. The van der Waals surface area contributed by atoms with E-state index < -0.39 is 12.0 Å². The van der Waals surface area contributed by atoms with Gasteiger partial charge in [-0.3, -0.25) is 5.73 Å². The highest BCUT2D eigenvalue weighted by Gasteiger charge is 2.34. The van der Waals surface area contributed by atoms with Gasteiger partial charge in [0.25, 0.3) is 0 Å². The smallest absolute Gasteiger partial charge is 0.397 e. The third-order valence-electron chi connectivity index (χ3n) is 0.604. The largest absolute Gasteiger partial charge is 0.456 e. The van der Waals surface area contributed by atoms with Gasteiger partial charge in [-0.1, -0.05) is 12.7 Å². The first-order valence-corrected chi connectivity index (χ1v) is 2.43. The zero-order valence-corrected chi connectivity index (χ0v) is 5.14. The van der Waals surface area contributed by atoms with Crippen molar-refractivity contribution in [2.45, 2.75) is 6.05 Å². The van der Waals surface area contributed by atoms with Crippen molar-refractivity contribution in [2.75, 3.05) is 6.61 Å². The number of nitrogens with two attached hydrogens (primary N) is 1. The monoisotopic (exact) mass is 151 g/mol. The maximum atomic E-state index is 11.7. The first kappa shape index (κ1) is 9.03. The van der Waals surface area contributed by atoms with E-state index in [1.807, 2.05) is 0 Å². The van der Waals surface area contributed by atoms with Crippen molar-refractivity contribution in [3.63, 3.8) is 0 Å². The van der Waals surface area contributed by atoms with Crippen molar-refractivity contribution in [1.29, 1.82) is 0 Å². The number of halogens is 2. The number of carbonyl (C=O) groups is 1. The molecule has 0 aromatic carbocycles. The average Bonchev–Trinajstić information content (AvgIpc) is 1.80. The highest BCUT2D eigenvalue weighted by molar-refractivity contribution is 5.76. The molecule has 58 valence electrons. The van der Waals surface area contributed by atoms with Gasteiger partial charge < -0.3 is 4.74 Å². The molecule has 0 bridgehead atoms. The summed E-state index contributed by atoms with van der Waals surface area (Å²) in [7, 11) is 0. The lowest BCUT2D eigenvalue weighted by Crippen LogP contribution is -2.39. The quantitative estimate of drug-likeness (QED) is 0.357. The van der Waals surface area contributed by atoms with Crippen LogP contribution < -0.4 is 5.73 Å². The lowest BCUT2D eigenvalue weighted by Gasteiger charge is -2.07. The predicted molar refractivity (Wildman–Crippen MR) is 30.3 cm³/mol. The van der Waals surface area contributed by atoms with Crippen LogP contribution in [-0.4, -0.2) is 18.6 Å². The molecule has 0 rings (SSSR count). The Morgan fingerprint density at radius 1 is 1.80 bits per heavy atom. The van der Waals surface area contributed by atoms with Crippen molar-refractivity contribution in [3.05, 3.63) is 12.7 Å². The van der Waals surface area contributed by atoms with E-state index in [1.54, 1.807) is 0 Å². The van der Waals surface area contributed by atoms with E-state index in [2.05, 4.69) is 17.0 Å². The van der Waals surface area contributed by atoms with Crippen molar-refractivity contribution in [2.24, 2.45) is 5.73 Å². The van der Waals surface area contributed by atoms with Gasteiger partial charge in [0.15, 0.2) is 0 Å². The van der Waals surface area contributed by atoms with Crippen LogP contribution in [0.3, 0.4) is 0 Å². The van der Waals surface area contributed by atoms with Gasteiger partial charge in [0.05, 0.1) is 0 Å². The Balaban J connectivity index is 3.74. The first-order chi connectivity index (χ1) is 4.48. The van der Waals surface area contributed by atoms with Crippen LogP contribution in [-0.2, 0) is 9.53 Å². The van der Waals surface area contributed by atoms with E-state index >= 15 is 0 Å². The summed E-state index contributed by atoms with van der Waals surface area (Å²) in [6, 6.07) is -3.90. The third kappa shape index (κ3) is 3.13. The van der Waals surface area contributed by atoms with E-state index in [-0.39, 0.29) is 6.61 Å². The molecule has 5 heteroatoms. The second kappa shape index (κ2) is 3.26. The second-order valence-corrected chi connectivity index (χ2v) is 1.51. The fourth-order valence-corrected chi connectivity index (χ4v) is 0.231. The van der Waals surface area contributed by atoms with E-state index in [9.17, 15) is 13.6 Å². The normalized spacial score (nSPS) is 10.7. The van der Waals surface area contributed by atoms with Crippen LogP contribution >= 0.6 is 0 Å². The lowest BCUT2D eigenvalue weighted by molar-refractivity contribution is -0.169. The molecule has 0 heterocycles. The molecular weight excluding hydrogens is 144 g/mol. The molecule has 0 fully saturated rings. The lowest BCUT2D eigenvalue weighted by atomic mass is 10.6. The van der Waals surface area contributed by atoms with Crippen molar-refractivity contribution < 1.29 is 18.3 Å². The van der Waals surface area contributed by atoms with E-state index in [1.165, 1.54) is 6.08 Å². The number of hydrogen-bond acceptors (Lipinski definition) is 3. The van der Waals surface area contributed by atoms with Crippen LogP contribution in [0.4, 0.5) is 8.78 Å². The molecule has 10 heavy (non-hydrogen) atoms. The maximum absolute atomic E-state index is 11.7. The zero-order chi connectivity index (χ0) is 8.20. The highest BCUT2D eigenvalue weighted by atomic mass is 19.3. The summed E-state index contributed by atoms with van der Waals surface area (Å²) in [4.78, 5) is 10.1. The van der Waals surface area contributed by atoms with Gasteiger partial charge >= 0.3 is 12.0 Å². The molecule has 0 aliphatic rings. The fourth-order valence-electron chi connectivity index (χ4n) is 0.231. The molecule has 0 aliphatic heterocycles. The van der Waals surface area contributed by atoms with Crippen molar-refractivity contribution in [3.8, 4) is 0 Å². The van der Waals surface area contributed by atoms with E-state index in [4.69, 9.17) is 0 Å². The number of esters is 1. The molecule has 0 spiro atoms. The molecule has 0 unspecified atom stereocenters. The van der Waals surface area contributed by atoms with Gasteiger partial charge in [0.1, 0.15) is 6.61 Å². The summed E-state index contributed by atoms with van der Waals surface area (Å²) < 4.78 is 27.3. The molecule has 2 N–H and O–H groups in total. The summed E-state index contributed by atoms with van der Waals surface area (Å²) in [6.07, 6.45) is 1.17. The van der Waals surface area contributed by atoms with Gasteiger partial charge in [0.2, 0.25) is 0 Å². The molecule has 0 radical (unpaired) electrons. The molecule has 3 nitrogen and oxygen atoms in total. The van der Waals surface area contributed by atoms with Gasteiger partial charge in [0, 0.05) is 0 Å². The average molecular weight is 151 g/mol. The Morgan fingerprint density at radius 2 is 2.30 bits per heavy atom. The van der Waals surface area contributed by atoms with Crippen molar-refractivity contribution >= 4 is 5.97 Å². The van der Waals surface area contributed by atoms with Crippen LogP contribution in [0.2, 0.25) is 0 Å². The molecule has 0 saturated heterocycles. The number of carbonyl (C=O) groups excluding carboxylic acids is 1. The molecule has 0 aliphatic carbocycles. The van der Waals surface area contributed by atoms with Gasteiger partial charge in [-0.05, 0) is 0 Å². The number of ether oxygens (including phenoxy) is 1. The maximum Gasteiger partial charge on any atom is 0.397 e. The minimum atomic E-state index is -3.90. The topological polar surface area (TPSA) is 52.3 Å². The SMILES string of the molecule is C=CCOC(=O)C(N)(F)F. The molecule has 0 amide bonds.